The summed E-state index contributed by atoms with van der Waals surface area (Å²) < 4.78 is 23.1. The monoisotopic (exact) mass is 288 g/mol. The molecule has 1 aliphatic heterocycles. The lowest BCUT2D eigenvalue weighted by Crippen LogP contribution is -2.48. The summed E-state index contributed by atoms with van der Waals surface area (Å²) in [5.41, 5.74) is 6.32. The van der Waals surface area contributed by atoms with Crippen molar-refractivity contribution in [2.24, 2.45) is 23.5 Å². The molecular weight excluding hydrogens is 260 g/mol. The third-order valence-corrected chi connectivity index (χ3v) is 6.81. The number of rotatable bonds is 3. The average Bonchev–Trinajstić information content (AvgIpc) is 2.64. The van der Waals surface area contributed by atoms with E-state index in [1.54, 1.807) is 0 Å². The van der Waals surface area contributed by atoms with E-state index in [0.717, 1.165) is 25.3 Å². The molecule has 5 atom stereocenters. The second-order valence-corrected chi connectivity index (χ2v) is 9.11. The van der Waals surface area contributed by atoms with Crippen molar-refractivity contribution in [3.05, 3.63) is 0 Å². The molecule has 0 aromatic rings. The van der Waals surface area contributed by atoms with Crippen molar-refractivity contribution in [3.8, 4) is 0 Å². The fraction of sp³-hybridized carbons (Fsp3) is 1.00. The first-order valence-corrected chi connectivity index (χ1v) is 9.27. The van der Waals surface area contributed by atoms with E-state index in [4.69, 9.17) is 5.73 Å². The van der Waals surface area contributed by atoms with Crippen molar-refractivity contribution in [2.75, 3.05) is 25.1 Å². The molecule has 0 spiro atoms. The summed E-state index contributed by atoms with van der Waals surface area (Å²) in [7, 11) is -0.732. The van der Waals surface area contributed by atoms with Gasteiger partial charge in [0.1, 0.15) is 0 Å². The fourth-order valence-corrected chi connectivity index (χ4v) is 5.69. The smallest absolute Gasteiger partial charge is 0.151 e. The van der Waals surface area contributed by atoms with Gasteiger partial charge >= 0.3 is 0 Å². The highest BCUT2D eigenvalue weighted by Gasteiger charge is 2.36. The standard InChI is InChI=1S/C14H28N2O2S/c1-10-6-11(2)13(14(15)7-10)8-16(3)12-4-5-19(17,18)9-12/h10-14H,4-9,15H2,1-3H3. The molecule has 2 rings (SSSR count). The molecule has 4 nitrogen and oxygen atoms in total. The molecule has 19 heavy (non-hydrogen) atoms. The summed E-state index contributed by atoms with van der Waals surface area (Å²) >= 11 is 0. The molecule has 0 amide bonds. The zero-order valence-corrected chi connectivity index (χ0v) is 13.2. The van der Waals surface area contributed by atoms with Gasteiger partial charge in [0, 0.05) is 18.6 Å². The van der Waals surface area contributed by atoms with Crippen LogP contribution in [0.3, 0.4) is 0 Å². The zero-order valence-electron chi connectivity index (χ0n) is 12.4. The van der Waals surface area contributed by atoms with Crippen LogP contribution >= 0.6 is 0 Å². The molecule has 2 aliphatic rings. The van der Waals surface area contributed by atoms with Gasteiger partial charge < -0.3 is 10.6 Å². The fourth-order valence-electron chi connectivity index (χ4n) is 3.89. The van der Waals surface area contributed by atoms with Crippen molar-refractivity contribution in [1.82, 2.24) is 4.90 Å². The van der Waals surface area contributed by atoms with E-state index in [9.17, 15) is 8.42 Å². The van der Waals surface area contributed by atoms with E-state index in [0.29, 0.717) is 23.3 Å². The predicted molar refractivity (Wildman–Crippen MR) is 78.7 cm³/mol. The van der Waals surface area contributed by atoms with Gasteiger partial charge in [-0.25, -0.2) is 8.42 Å². The zero-order chi connectivity index (χ0) is 14.2. The minimum absolute atomic E-state index is 0.198. The van der Waals surface area contributed by atoms with Gasteiger partial charge in [0.05, 0.1) is 11.5 Å². The van der Waals surface area contributed by atoms with Crippen LogP contribution in [0, 0.1) is 17.8 Å². The Labute approximate surface area is 117 Å². The first-order chi connectivity index (χ1) is 8.78. The molecule has 0 aromatic heterocycles. The van der Waals surface area contributed by atoms with Gasteiger partial charge in [-0.3, -0.25) is 0 Å². The second kappa shape index (κ2) is 5.70. The Morgan fingerprint density at radius 2 is 1.95 bits per heavy atom. The molecule has 1 saturated heterocycles. The summed E-state index contributed by atoms with van der Waals surface area (Å²) in [5.74, 6) is 2.55. The Balaban J connectivity index is 1.93. The van der Waals surface area contributed by atoms with Crippen LogP contribution in [-0.2, 0) is 9.84 Å². The first kappa shape index (κ1) is 15.3. The van der Waals surface area contributed by atoms with E-state index in [1.807, 2.05) is 0 Å². The van der Waals surface area contributed by atoms with Crippen LogP contribution in [0.5, 0.6) is 0 Å². The molecule has 0 aromatic carbocycles. The highest BCUT2D eigenvalue weighted by atomic mass is 32.2. The molecule has 112 valence electrons. The van der Waals surface area contributed by atoms with Crippen LogP contribution in [0.1, 0.15) is 33.1 Å². The van der Waals surface area contributed by atoms with Gasteiger partial charge in [0.2, 0.25) is 0 Å². The summed E-state index contributed by atoms with van der Waals surface area (Å²) in [4.78, 5) is 2.24. The molecule has 1 heterocycles. The van der Waals surface area contributed by atoms with Gasteiger partial charge in [-0.1, -0.05) is 13.8 Å². The molecular formula is C14H28N2O2S. The lowest BCUT2D eigenvalue weighted by atomic mass is 9.72. The quantitative estimate of drug-likeness (QED) is 0.845. The minimum atomic E-state index is -2.79. The second-order valence-electron chi connectivity index (χ2n) is 6.88. The number of sulfone groups is 1. The molecule has 0 radical (unpaired) electrons. The van der Waals surface area contributed by atoms with Crippen LogP contribution in [0.2, 0.25) is 0 Å². The van der Waals surface area contributed by atoms with Crippen LogP contribution in [0.15, 0.2) is 0 Å². The first-order valence-electron chi connectivity index (χ1n) is 7.44. The van der Waals surface area contributed by atoms with Crippen LogP contribution in [0.4, 0.5) is 0 Å². The van der Waals surface area contributed by atoms with Crippen molar-refractivity contribution < 1.29 is 8.42 Å². The maximum Gasteiger partial charge on any atom is 0.151 e. The van der Waals surface area contributed by atoms with Gasteiger partial charge in [-0.05, 0) is 44.1 Å². The third-order valence-electron chi connectivity index (χ3n) is 5.06. The van der Waals surface area contributed by atoms with Crippen molar-refractivity contribution >= 4 is 9.84 Å². The number of hydrogen-bond acceptors (Lipinski definition) is 4. The van der Waals surface area contributed by atoms with Crippen LogP contribution in [0.25, 0.3) is 0 Å². The molecule has 5 heteroatoms. The number of nitrogens with two attached hydrogens (primary N) is 1. The van der Waals surface area contributed by atoms with Gasteiger partial charge in [-0.15, -0.1) is 0 Å². The van der Waals surface area contributed by atoms with E-state index in [2.05, 4.69) is 25.8 Å². The lowest BCUT2D eigenvalue weighted by molar-refractivity contribution is 0.114. The van der Waals surface area contributed by atoms with E-state index < -0.39 is 9.84 Å². The summed E-state index contributed by atoms with van der Waals surface area (Å²) in [5, 5.41) is 0. The van der Waals surface area contributed by atoms with Crippen molar-refractivity contribution in [3.63, 3.8) is 0 Å². The van der Waals surface area contributed by atoms with Gasteiger partial charge in [0.15, 0.2) is 9.84 Å². The minimum Gasteiger partial charge on any atom is -0.327 e. The van der Waals surface area contributed by atoms with Crippen LogP contribution in [-0.4, -0.2) is 50.5 Å². The molecule has 0 bridgehead atoms. The SMILES string of the molecule is CC1CC(C)C(CN(C)C2CCS(=O)(=O)C2)C(N)C1. The maximum absolute atomic E-state index is 11.6. The molecule has 1 saturated carbocycles. The summed E-state index contributed by atoms with van der Waals surface area (Å²) in [6.07, 6.45) is 3.13. The molecule has 5 unspecified atom stereocenters. The largest absolute Gasteiger partial charge is 0.327 e. The van der Waals surface area contributed by atoms with Crippen molar-refractivity contribution in [1.29, 1.82) is 0 Å². The number of hydrogen-bond donors (Lipinski definition) is 1. The Kier molecular flexibility index (Phi) is 4.58. The summed E-state index contributed by atoms with van der Waals surface area (Å²) in [6.45, 7) is 5.51. The number of nitrogens with zero attached hydrogens (tertiary/aromatic N) is 1. The van der Waals surface area contributed by atoms with E-state index in [-0.39, 0.29) is 12.1 Å². The average molecular weight is 288 g/mol. The highest BCUT2D eigenvalue weighted by molar-refractivity contribution is 7.91. The Morgan fingerprint density at radius 3 is 2.47 bits per heavy atom. The molecule has 1 aliphatic carbocycles. The molecule has 2 N–H and O–H groups in total. The van der Waals surface area contributed by atoms with Crippen LogP contribution < -0.4 is 5.73 Å². The van der Waals surface area contributed by atoms with E-state index in [1.165, 1.54) is 6.42 Å². The van der Waals surface area contributed by atoms with Crippen molar-refractivity contribution in [2.45, 2.75) is 45.2 Å². The van der Waals surface area contributed by atoms with Gasteiger partial charge in [-0.2, -0.15) is 0 Å². The lowest BCUT2D eigenvalue weighted by Gasteiger charge is -2.40. The topological polar surface area (TPSA) is 63.4 Å². The maximum atomic E-state index is 11.6. The summed E-state index contributed by atoms with van der Waals surface area (Å²) in [6, 6.07) is 0.461. The Hall–Kier alpha value is -0.130. The predicted octanol–water partition coefficient (Wildman–Crippen LogP) is 1.11. The van der Waals surface area contributed by atoms with E-state index >= 15 is 0 Å². The molecule has 2 fully saturated rings. The third kappa shape index (κ3) is 3.70. The normalized spacial score (nSPS) is 42.7. The Morgan fingerprint density at radius 1 is 1.26 bits per heavy atom. The Bertz CT molecular complexity index is 398. The van der Waals surface area contributed by atoms with Gasteiger partial charge in [0.25, 0.3) is 0 Å². The highest BCUT2D eigenvalue weighted by Crippen LogP contribution is 2.33.